The number of carbonyl (C=O) groups excluding carboxylic acids is 1. The maximum Gasteiger partial charge on any atom is 0.265 e. The van der Waals surface area contributed by atoms with Gasteiger partial charge >= 0.3 is 0 Å². The number of rotatable bonds is 5. The summed E-state index contributed by atoms with van der Waals surface area (Å²) in [6.45, 7) is 0.851. The SMILES string of the molecule is O=C(NNCCC1CCCC1)c1ccc2ccccc2c1. The van der Waals surface area contributed by atoms with E-state index in [-0.39, 0.29) is 5.91 Å². The van der Waals surface area contributed by atoms with Crippen LogP contribution in [0.15, 0.2) is 42.5 Å². The van der Waals surface area contributed by atoms with Crippen LogP contribution in [0.4, 0.5) is 0 Å². The Morgan fingerprint density at radius 2 is 1.81 bits per heavy atom. The number of hydrogen-bond acceptors (Lipinski definition) is 2. The van der Waals surface area contributed by atoms with Crippen LogP contribution in [0.1, 0.15) is 42.5 Å². The van der Waals surface area contributed by atoms with Crippen LogP contribution in [-0.2, 0) is 0 Å². The zero-order valence-electron chi connectivity index (χ0n) is 12.3. The summed E-state index contributed by atoms with van der Waals surface area (Å²) in [4.78, 5) is 12.1. The number of fused-ring (bicyclic) bond motifs is 1. The van der Waals surface area contributed by atoms with Gasteiger partial charge in [-0.2, -0.15) is 0 Å². The number of amides is 1. The second-order valence-electron chi connectivity index (χ2n) is 5.88. The van der Waals surface area contributed by atoms with Crippen LogP contribution >= 0.6 is 0 Å². The fraction of sp³-hybridized carbons (Fsp3) is 0.389. The zero-order chi connectivity index (χ0) is 14.5. The predicted octanol–water partition coefficient (Wildman–Crippen LogP) is 3.65. The quantitative estimate of drug-likeness (QED) is 0.649. The van der Waals surface area contributed by atoms with E-state index in [1.54, 1.807) is 0 Å². The highest BCUT2D eigenvalue weighted by Gasteiger charge is 2.14. The van der Waals surface area contributed by atoms with E-state index in [4.69, 9.17) is 0 Å². The molecule has 0 heterocycles. The van der Waals surface area contributed by atoms with Gasteiger partial charge in [0.1, 0.15) is 0 Å². The van der Waals surface area contributed by atoms with E-state index in [9.17, 15) is 4.79 Å². The molecule has 1 fully saturated rings. The molecule has 1 amide bonds. The first-order valence-electron chi connectivity index (χ1n) is 7.85. The van der Waals surface area contributed by atoms with Crippen molar-refractivity contribution in [1.82, 2.24) is 10.9 Å². The number of nitrogens with one attached hydrogen (secondary N) is 2. The van der Waals surface area contributed by atoms with E-state index in [0.29, 0.717) is 5.56 Å². The molecule has 0 aliphatic heterocycles. The van der Waals surface area contributed by atoms with E-state index >= 15 is 0 Å². The Morgan fingerprint density at radius 3 is 2.62 bits per heavy atom. The highest BCUT2D eigenvalue weighted by molar-refractivity contribution is 5.98. The first-order valence-corrected chi connectivity index (χ1v) is 7.85. The van der Waals surface area contributed by atoms with Crippen LogP contribution in [0.5, 0.6) is 0 Å². The molecular weight excluding hydrogens is 260 g/mol. The highest BCUT2D eigenvalue weighted by Crippen LogP contribution is 2.26. The molecule has 2 N–H and O–H groups in total. The van der Waals surface area contributed by atoms with Gasteiger partial charge in [0.15, 0.2) is 0 Å². The summed E-state index contributed by atoms with van der Waals surface area (Å²) in [6.07, 6.45) is 6.58. The standard InChI is InChI=1S/C18H22N2O/c21-18(20-19-12-11-14-5-1-2-6-14)17-10-9-15-7-3-4-8-16(15)13-17/h3-4,7-10,13-14,19H,1-2,5-6,11-12H2,(H,20,21). The molecule has 21 heavy (non-hydrogen) atoms. The lowest BCUT2D eigenvalue weighted by Crippen LogP contribution is -2.38. The second-order valence-corrected chi connectivity index (χ2v) is 5.88. The van der Waals surface area contributed by atoms with E-state index in [1.807, 2.05) is 36.4 Å². The first kappa shape index (κ1) is 14.1. The molecule has 1 aliphatic carbocycles. The van der Waals surface area contributed by atoms with Gasteiger partial charge in [-0.3, -0.25) is 10.2 Å². The molecule has 0 spiro atoms. The van der Waals surface area contributed by atoms with Crippen molar-refractivity contribution in [2.45, 2.75) is 32.1 Å². The van der Waals surface area contributed by atoms with Gasteiger partial charge in [0, 0.05) is 12.1 Å². The second kappa shape index (κ2) is 6.72. The summed E-state index contributed by atoms with van der Waals surface area (Å²) in [5, 5.41) is 2.25. The molecular formula is C18H22N2O. The van der Waals surface area contributed by atoms with Gasteiger partial charge in [0.2, 0.25) is 0 Å². The number of hydrazine groups is 1. The summed E-state index contributed by atoms with van der Waals surface area (Å²) >= 11 is 0. The van der Waals surface area contributed by atoms with Gasteiger partial charge in [-0.1, -0.05) is 56.0 Å². The Labute approximate surface area is 125 Å². The van der Waals surface area contributed by atoms with E-state index in [1.165, 1.54) is 25.7 Å². The molecule has 2 aromatic carbocycles. The molecule has 0 saturated heterocycles. The third kappa shape index (κ3) is 3.61. The van der Waals surface area contributed by atoms with Gasteiger partial charge in [-0.15, -0.1) is 0 Å². The van der Waals surface area contributed by atoms with Crippen LogP contribution in [0.2, 0.25) is 0 Å². The van der Waals surface area contributed by atoms with Crippen molar-refractivity contribution in [2.75, 3.05) is 6.54 Å². The van der Waals surface area contributed by atoms with Crippen molar-refractivity contribution < 1.29 is 4.79 Å². The van der Waals surface area contributed by atoms with Crippen LogP contribution in [0.3, 0.4) is 0 Å². The van der Waals surface area contributed by atoms with Gasteiger partial charge in [0.05, 0.1) is 0 Å². The Morgan fingerprint density at radius 1 is 1.05 bits per heavy atom. The van der Waals surface area contributed by atoms with Crippen LogP contribution in [0.25, 0.3) is 10.8 Å². The number of carbonyl (C=O) groups is 1. The molecule has 3 heteroatoms. The molecule has 0 atom stereocenters. The predicted molar refractivity (Wildman–Crippen MR) is 86.0 cm³/mol. The molecule has 110 valence electrons. The van der Waals surface area contributed by atoms with Gasteiger partial charge in [0.25, 0.3) is 5.91 Å². The summed E-state index contributed by atoms with van der Waals surface area (Å²) in [5.41, 5.74) is 6.55. The maximum atomic E-state index is 12.1. The van der Waals surface area contributed by atoms with Crippen molar-refractivity contribution in [3.05, 3.63) is 48.0 Å². The Balaban J connectivity index is 1.51. The van der Waals surface area contributed by atoms with Crippen molar-refractivity contribution in [2.24, 2.45) is 5.92 Å². The number of hydrogen-bond donors (Lipinski definition) is 2. The molecule has 1 saturated carbocycles. The average Bonchev–Trinajstić information content (AvgIpc) is 3.04. The van der Waals surface area contributed by atoms with Crippen LogP contribution in [0, 0.1) is 5.92 Å². The van der Waals surface area contributed by atoms with Crippen LogP contribution in [-0.4, -0.2) is 12.5 Å². The Bertz CT molecular complexity index is 617. The Kier molecular flexibility index (Phi) is 4.51. The summed E-state index contributed by atoms with van der Waals surface area (Å²) in [7, 11) is 0. The van der Waals surface area contributed by atoms with Gasteiger partial charge in [-0.25, -0.2) is 5.43 Å². The highest BCUT2D eigenvalue weighted by atomic mass is 16.2. The van der Waals surface area contributed by atoms with Gasteiger partial charge in [-0.05, 0) is 35.2 Å². The average molecular weight is 282 g/mol. The molecule has 0 unspecified atom stereocenters. The largest absolute Gasteiger partial charge is 0.287 e. The van der Waals surface area contributed by atoms with E-state index < -0.39 is 0 Å². The van der Waals surface area contributed by atoms with Gasteiger partial charge < -0.3 is 0 Å². The zero-order valence-corrected chi connectivity index (χ0v) is 12.3. The molecule has 0 bridgehead atoms. The number of benzene rings is 2. The molecule has 3 nitrogen and oxygen atoms in total. The van der Waals surface area contributed by atoms with Crippen LogP contribution < -0.4 is 10.9 Å². The van der Waals surface area contributed by atoms with Crippen molar-refractivity contribution in [1.29, 1.82) is 0 Å². The normalized spacial score (nSPS) is 15.4. The fourth-order valence-corrected chi connectivity index (χ4v) is 3.12. The summed E-state index contributed by atoms with van der Waals surface area (Å²) < 4.78 is 0. The summed E-state index contributed by atoms with van der Waals surface area (Å²) in [6, 6.07) is 13.9. The third-order valence-electron chi connectivity index (χ3n) is 4.37. The summed E-state index contributed by atoms with van der Waals surface area (Å²) in [5.74, 6) is 0.780. The lowest BCUT2D eigenvalue weighted by Gasteiger charge is -2.11. The molecule has 2 aromatic rings. The van der Waals surface area contributed by atoms with E-state index in [0.717, 1.165) is 29.7 Å². The fourth-order valence-electron chi connectivity index (χ4n) is 3.12. The lowest BCUT2D eigenvalue weighted by atomic mass is 10.0. The first-order chi connectivity index (χ1) is 10.3. The minimum absolute atomic E-state index is 0.0628. The molecule has 0 aromatic heterocycles. The smallest absolute Gasteiger partial charge is 0.265 e. The van der Waals surface area contributed by atoms with Crippen molar-refractivity contribution >= 4 is 16.7 Å². The maximum absolute atomic E-state index is 12.1. The topological polar surface area (TPSA) is 41.1 Å². The molecule has 0 radical (unpaired) electrons. The van der Waals surface area contributed by atoms with Crippen molar-refractivity contribution in [3.8, 4) is 0 Å². The molecule has 3 rings (SSSR count). The van der Waals surface area contributed by atoms with E-state index in [2.05, 4.69) is 16.9 Å². The van der Waals surface area contributed by atoms with Crippen molar-refractivity contribution in [3.63, 3.8) is 0 Å². The minimum Gasteiger partial charge on any atom is -0.287 e. The lowest BCUT2D eigenvalue weighted by molar-refractivity contribution is 0.0932. The minimum atomic E-state index is -0.0628. The third-order valence-corrected chi connectivity index (χ3v) is 4.37. The molecule has 1 aliphatic rings. The monoisotopic (exact) mass is 282 g/mol. The Hall–Kier alpha value is -1.87.